The van der Waals surface area contributed by atoms with Gasteiger partial charge in [0.25, 0.3) is 5.91 Å². The van der Waals surface area contributed by atoms with E-state index in [0.717, 1.165) is 17.0 Å². The molecule has 24 heavy (non-hydrogen) atoms. The van der Waals surface area contributed by atoms with Crippen molar-refractivity contribution in [2.45, 2.75) is 6.54 Å². The first-order valence-corrected chi connectivity index (χ1v) is 7.89. The summed E-state index contributed by atoms with van der Waals surface area (Å²) in [5, 5.41) is 3.52. The normalized spacial score (nSPS) is 11.6. The summed E-state index contributed by atoms with van der Waals surface area (Å²) in [5.74, 6) is -0.493. The largest absolute Gasteiger partial charge is 0.465 e. The van der Waals surface area contributed by atoms with Crippen molar-refractivity contribution < 1.29 is 19.2 Å². The minimum Gasteiger partial charge on any atom is -0.465 e. The summed E-state index contributed by atoms with van der Waals surface area (Å²) in [6, 6.07) is 14.2. The van der Waals surface area contributed by atoms with Gasteiger partial charge >= 0.3 is 5.97 Å². The van der Waals surface area contributed by atoms with Gasteiger partial charge < -0.3 is 15.0 Å². The summed E-state index contributed by atoms with van der Waals surface area (Å²) in [6.07, 6.45) is 0. The first kappa shape index (κ1) is 18.0. The molecule has 0 aliphatic carbocycles. The number of hydrogen-bond donors (Lipinski definition) is 2. The maximum absolute atomic E-state index is 12.1. The molecule has 0 bridgehead atoms. The first-order chi connectivity index (χ1) is 11.5. The van der Waals surface area contributed by atoms with Crippen molar-refractivity contribution >= 4 is 29.2 Å². The Bertz CT molecular complexity index is 699. The van der Waals surface area contributed by atoms with Gasteiger partial charge in [0, 0.05) is 16.3 Å². The topological polar surface area (TPSA) is 59.8 Å². The highest BCUT2D eigenvalue weighted by molar-refractivity contribution is 6.30. The lowest BCUT2D eigenvalue weighted by molar-refractivity contribution is -0.885. The van der Waals surface area contributed by atoms with Gasteiger partial charge in [0.15, 0.2) is 6.54 Å². The van der Waals surface area contributed by atoms with Gasteiger partial charge in [-0.3, -0.25) is 4.79 Å². The number of nitrogens with one attached hydrogen (secondary N) is 2. The molecule has 0 aromatic heterocycles. The van der Waals surface area contributed by atoms with Gasteiger partial charge in [0.05, 0.1) is 19.7 Å². The highest BCUT2D eigenvalue weighted by atomic mass is 35.5. The van der Waals surface area contributed by atoms with Crippen molar-refractivity contribution in [3.63, 3.8) is 0 Å². The molecular weight excluding hydrogens is 328 g/mol. The van der Waals surface area contributed by atoms with Crippen LogP contribution in [-0.4, -0.2) is 32.6 Å². The second-order valence-electron chi connectivity index (χ2n) is 5.55. The second-order valence-corrected chi connectivity index (χ2v) is 5.99. The Morgan fingerprint density at radius 3 is 2.29 bits per heavy atom. The van der Waals surface area contributed by atoms with E-state index in [1.54, 1.807) is 24.3 Å². The average Bonchev–Trinajstić information content (AvgIpc) is 2.56. The molecule has 0 spiro atoms. The van der Waals surface area contributed by atoms with Gasteiger partial charge in [-0.1, -0.05) is 23.7 Å². The van der Waals surface area contributed by atoms with Crippen LogP contribution in [0.2, 0.25) is 5.02 Å². The van der Waals surface area contributed by atoms with Gasteiger partial charge in [0.1, 0.15) is 6.54 Å². The molecule has 126 valence electrons. The quantitative estimate of drug-likeness (QED) is 0.783. The van der Waals surface area contributed by atoms with Gasteiger partial charge in [-0.15, -0.1) is 0 Å². The predicted molar refractivity (Wildman–Crippen MR) is 93.3 cm³/mol. The molecule has 0 radical (unpaired) electrons. The van der Waals surface area contributed by atoms with E-state index < -0.39 is 5.97 Å². The molecule has 1 amide bonds. The SMILES string of the molecule is COC(=O)c1ccc(NC(=O)C[NH+](C)Cc2ccc(Cl)cc2)cc1. The third-order valence-electron chi connectivity index (χ3n) is 3.47. The fraction of sp³-hybridized carbons (Fsp3) is 0.222. The molecule has 2 N–H and O–H groups in total. The zero-order valence-corrected chi connectivity index (χ0v) is 14.4. The minimum atomic E-state index is -0.403. The maximum Gasteiger partial charge on any atom is 0.337 e. The molecule has 1 atom stereocenters. The Hall–Kier alpha value is -2.37. The van der Waals surface area contributed by atoms with Crippen LogP contribution in [0.5, 0.6) is 0 Å². The summed E-state index contributed by atoms with van der Waals surface area (Å²) >= 11 is 5.86. The molecule has 0 saturated carbocycles. The van der Waals surface area contributed by atoms with Crippen molar-refractivity contribution in [1.82, 2.24) is 0 Å². The number of halogens is 1. The van der Waals surface area contributed by atoms with Gasteiger partial charge in [-0.05, 0) is 36.4 Å². The number of hydrogen-bond acceptors (Lipinski definition) is 3. The third kappa shape index (κ3) is 5.37. The average molecular weight is 348 g/mol. The first-order valence-electron chi connectivity index (χ1n) is 7.52. The second kappa shape index (κ2) is 8.47. The highest BCUT2D eigenvalue weighted by Gasteiger charge is 2.11. The standard InChI is InChI=1S/C18H19ClN2O3/c1-21(11-13-3-7-15(19)8-4-13)12-17(22)20-16-9-5-14(6-10-16)18(23)24-2/h3-10H,11-12H2,1-2H3,(H,20,22)/p+1. The van der Waals surface area contributed by atoms with Gasteiger partial charge in [0.2, 0.25) is 0 Å². The van der Waals surface area contributed by atoms with Crippen LogP contribution in [0.25, 0.3) is 0 Å². The van der Waals surface area contributed by atoms with Crippen molar-refractivity contribution in [3.8, 4) is 0 Å². The molecular formula is C18H20ClN2O3+. The predicted octanol–water partition coefficient (Wildman–Crippen LogP) is 1.78. The van der Waals surface area contributed by atoms with E-state index in [1.807, 2.05) is 31.3 Å². The Balaban J connectivity index is 1.85. The molecule has 5 nitrogen and oxygen atoms in total. The minimum absolute atomic E-state index is 0.0905. The zero-order valence-electron chi connectivity index (χ0n) is 13.6. The van der Waals surface area contributed by atoms with Crippen molar-refractivity contribution in [2.24, 2.45) is 0 Å². The van der Waals surface area contributed by atoms with E-state index in [0.29, 0.717) is 22.8 Å². The van der Waals surface area contributed by atoms with Crippen LogP contribution >= 0.6 is 11.6 Å². The molecule has 0 fully saturated rings. The molecule has 1 unspecified atom stereocenters. The van der Waals surface area contributed by atoms with E-state index in [4.69, 9.17) is 11.6 Å². The Labute approximate surface area is 146 Å². The smallest absolute Gasteiger partial charge is 0.337 e. The van der Waals surface area contributed by atoms with Crippen LogP contribution in [0.3, 0.4) is 0 Å². The summed E-state index contributed by atoms with van der Waals surface area (Å²) in [4.78, 5) is 24.5. The molecule has 0 aliphatic heterocycles. The van der Waals surface area contributed by atoms with E-state index in [1.165, 1.54) is 7.11 Å². The highest BCUT2D eigenvalue weighted by Crippen LogP contribution is 2.10. The Kier molecular flexibility index (Phi) is 6.35. The lowest BCUT2D eigenvalue weighted by Gasteiger charge is -2.14. The van der Waals surface area contributed by atoms with E-state index in [2.05, 4.69) is 10.1 Å². The number of ether oxygens (including phenoxy) is 1. The summed E-state index contributed by atoms with van der Waals surface area (Å²) in [7, 11) is 3.28. The van der Waals surface area contributed by atoms with Crippen molar-refractivity contribution in [3.05, 3.63) is 64.7 Å². The van der Waals surface area contributed by atoms with Crippen molar-refractivity contribution in [1.29, 1.82) is 0 Å². The number of esters is 1. The van der Waals surface area contributed by atoms with Crippen LogP contribution < -0.4 is 10.2 Å². The van der Waals surface area contributed by atoms with Gasteiger partial charge in [-0.2, -0.15) is 0 Å². The van der Waals surface area contributed by atoms with Crippen molar-refractivity contribution in [2.75, 3.05) is 26.0 Å². The van der Waals surface area contributed by atoms with Crippen LogP contribution in [0, 0.1) is 0 Å². The number of amides is 1. The maximum atomic E-state index is 12.1. The fourth-order valence-electron chi connectivity index (χ4n) is 2.30. The number of methoxy groups -OCH3 is 1. The van der Waals surface area contributed by atoms with Crippen LogP contribution in [0.4, 0.5) is 5.69 Å². The number of rotatable bonds is 6. The number of likely N-dealkylation sites (N-methyl/N-ethyl adjacent to an activating group) is 1. The molecule has 2 rings (SSSR count). The monoisotopic (exact) mass is 347 g/mol. The third-order valence-corrected chi connectivity index (χ3v) is 3.72. The molecule has 0 aliphatic rings. The number of benzene rings is 2. The molecule has 2 aromatic carbocycles. The van der Waals surface area contributed by atoms with E-state index >= 15 is 0 Å². The summed E-state index contributed by atoms with van der Waals surface area (Å²) in [5.41, 5.74) is 2.21. The zero-order chi connectivity index (χ0) is 17.5. The number of anilines is 1. The molecule has 0 saturated heterocycles. The number of carbonyl (C=O) groups excluding carboxylic acids is 2. The number of quaternary nitrogens is 1. The lowest BCUT2D eigenvalue weighted by Crippen LogP contribution is -3.08. The fourth-order valence-corrected chi connectivity index (χ4v) is 2.43. The van der Waals surface area contributed by atoms with Crippen LogP contribution in [0.1, 0.15) is 15.9 Å². The molecule has 2 aromatic rings. The van der Waals surface area contributed by atoms with E-state index in [9.17, 15) is 9.59 Å². The van der Waals surface area contributed by atoms with E-state index in [-0.39, 0.29) is 5.91 Å². The van der Waals surface area contributed by atoms with Gasteiger partial charge in [-0.25, -0.2) is 4.79 Å². The molecule has 0 heterocycles. The number of carbonyl (C=O) groups is 2. The summed E-state index contributed by atoms with van der Waals surface area (Å²) < 4.78 is 4.64. The summed E-state index contributed by atoms with van der Waals surface area (Å²) in [6.45, 7) is 1.06. The Morgan fingerprint density at radius 2 is 1.71 bits per heavy atom. The Morgan fingerprint density at radius 1 is 1.08 bits per heavy atom. The molecule has 6 heteroatoms. The van der Waals surface area contributed by atoms with Crippen LogP contribution in [0.15, 0.2) is 48.5 Å². The lowest BCUT2D eigenvalue weighted by atomic mass is 10.2. The van der Waals surface area contributed by atoms with Crippen LogP contribution in [-0.2, 0) is 16.1 Å².